The lowest BCUT2D eigenvalue weighted by atomic mass is 10.0. The molecule has 3 nitrogen and oxygen atoms in total. The first-order valence-electron chi connectivity index (χ1n) is 6.69. The minimum atomic E-state index is -0.580. The molecule has 0 amide bonds. The first kappa shape index (κ1) is 15.2. The third kappa shape index (κ3) is 5.68. The second kappa shape index (κ2) is 8.31. The van der Waals surface area contributed by atoms with Gasteiger partial charge in [-0.05, 0) is 32.1 Å². The van der Waals surface area contributed by atoms with Crippen LogP contribution >= 0.6 is 0 Å². The zero-order valence-corrected chi connectivity index (χ0v) is 11.3. The average Bonchev–Trinajstić information content (AvgIpc) is 2.42. The van der Waals surface area contributed by atoms with Gasteiger partial charge in [-0.1, -0.05) is 19.1 Å². The summed E-state index contributed by atoms with van der Waals surface area (Å²) < 4.78 is 11.2. The molecule has 102 valence electrons. The first-order valence-corrected chi connectivity index (χ1v) is 6.69. The molecule has 1 fully saturated rings. The number of terminal acetylenes is 1. The van der Waals surface area contributed by atoms with Crippen molar-refractivity contribution < 1.29 is 14.6 Å². The van der Waals surface area contributed by atoms with Crippen molar-refractivity contribution in [1.29, 1.82) is 0 Å². The van der Waals surface area contributed by atoms with Crippen molar-refractivity contribution in [1.82, 2.24) is 0 Å². The Labute approximate surface area is 110 Å². The van der Waals surface area contributed by atoms with Crippen LogP contribution in [-0.4, -0.2) is 30.7 Å². The molecule has 1 unspecified atom stereocenters. The minimum absolute atomic E-state index is 0.0517. The highest BCUT2D eigenvalue weighted by Gasteiger charge is 2.14. The van der Waals surface area contributed by atoms with Crippen LogP contribution in [0.1, 0.15) is 33.1 Å². The summed E-state index contributed by atoms with van der Waals surface area (Å²) in [7, 11) is 0. The predicted octanol–water partition coefficient (Wildman–Crippen LogP) is 2.35. The van der Waals surface area contributed by atoms with Gasteiger partial charge in [-0.3, -0.25) is 0 Å². The Balaban J connectivity index is 2.22. The van der Waals surface area contributed by atoms with Gasteiger partial charge in [0.2, 0.25) is 0 Å². The van der Waals surface area contributed by atoms with Crippen molar-refractivity contribution in [3.8, 4) is 12.3 Å². The summed E-state index contributed by atoms with van der Waals surface area (Å²) in [6.45, 7) is 5.28. The predicted molar refractivity (Wildman–Crippen MR) is 71.9 cm³/mol. The van der Waals surface area contributed by atoms with Crippen LogP contribution in [0, 0.1) is 24.2 Å². The van der Waals surface area contributed by atoms with Gasteiger partial charge in [0.1, 0.15) is 0 Å². The maximum absolute atomic E-state index is 9.69. The Hall–Kier alpha value is -0.820. The highest BCUT2D eigenvalue weighted by Crippen LogP contribution is 2.15. The van der Waals surface area contributed by atoms with Gasteiger partial charge >= 0.3 is 0 Å². The van der Waals surface area contributed by atoms with E-state index in [0.717, 1.165) is 19.4 Å². The molecule has 1 saturated heterocycles. The van der Waals surface area contributed by atoms with Crippen LogP contribution in [0.5, 0.6) is 0 Å². The topological polar surface area (TPSA) is 38.7 Å². The molecule has 18 heavy (non-hydrogen) atoms. The standard InChI is InChI=1S/C15H24O3/c1-4-13(3)14(16)9-8-12(2)11-18-15-7-5-6-10-17-15/h1,8-9,12-16H,5-7,10-11H2,2-3H3/b9-8+/t12-,13-,14+,15?/m0/s1. The van der Waals surface area contributed by atoms with Crippen LogP contribution in [0.4, 0.5) is 0 Å². The Bertz CT molecular complexity index is 287. The van der Waals surface area contributed by atoms with Crippen LogP contribution in [0.25, 0.3) is 0 Å². The van der Waals surface area contributed by atoms with Gasteiger partial charge < -0.3 is 14.6 Å². The fourth-order valence-electron chi connectivity index (χ4n) is 1.73. The molecular weight excluding hydrogens is 228 g/mol. The number of aliphatic hydroxyl groups is 1. The van der Waals surface area contributed by atoms with E-state index in [1.54, 1.807) is 6.08 Å². The van der Waals surface area contributed by atoms with Gasteiger partial charge in [0.25, 0.3) is 0 Å². The van der Waals surface area contributed by atoms with Crippen molar-refractivity contribution in [2.75, 3.05) is 13.2 Å². The number of ether oxygens (including phenoxy) is 2. The molecule has 0 spiro atoms. The van der Waals surface area contributed by atoms with E-state index in [-0.39, 0.29) is 18.1 Å². The van der Waals surface area contributed by atoms with Crippen molar-refractivity contribution >= 4 is 0 Å². The molecule has 0 aromatic carbocycles. The van der Waals surface area contributed by atoms with E-state index in [1.165, 1.54) is 6.42 Å². The molecule has 1 heterocycles. The zero-order valence-electron chi connectivity index (χ0n) is 11.3. The van der Waals surface area contributed by atoms with Crippen LogP contribution in [-0.2, 0) is 9.47 Å². The maximum Gasteiger partial charge on any atom is 0.157 e. The van der Waals surface area contributed by atoms with Crippen molar-refractivity contribution in [3.05, 3.63) is 12.2 Å². The SMILES string of the molecule is C#C[C@H](C)[C@H](O)/C=C/[C@H](C)COC1CCCCO1. The second-order valence-corrected chi connectivity index (χ2v) is 4.94. The summed E-state index contributed by atoms with van der Waals surface area (Å²) in [4.78, 5) is 0. The molecule has 0 aromatic heterocycles. The van der Waals surface area contributed by atoms with E-state index in [1.807, 2.05) is 19.9 Å². The molecule has 0 aliphatic carbocycles. The fraction of sp³-hybridized carbons (Fsp3) is 0.733. The molecule has 0 saturated carbocycles. The summed E-state index contributed by atoms with van der Waals surface area (Å²) in [5.41, 5.74) is 0. The smallest absolute Gasteiger partial charge is 0.157 e. The molecule has 1 rings (SSSR count). The highest BCUT2D eigenvalue weighted by atomic mass is 16.7. The minimum Gasteiger partial charge on any atom is -0.388 e. The van der Waals surface area contributed by atoms with E-state index in [0.29, 0.717) is 6.61 Å². The normalized spacial score (nSPS) is 25.6. The second-order valence-electron chi connectivity index (χ2n) is 4.94. The lowest BCUT2D eigenvalue weighted by Gasteiger charge is -2.23. The third-order valence-corrected chi connectivity index (χ3v) is 3.09. The molecule has 0 bridgehead atoms. The maximum atomic E-state index is 9.69. The molecule has 1 aliphatic rings. The average molecular weight is 252 g/mol. The largest absolute Gasteiger partial charge is 0.388 e. The lowest BCUT2D eigenvalue weighted by molar-refractivity contribution is -0.166. The molecule has 0 aromatic rings. The Morgan fingerprint density at radius 2 is 2.22 bits per heavy atom. The van der Waals surface area contributed by atoms with E-state index < -0.39 is 6.10 Å². The molecule has 0 radical (unpaired) electrons. The van der Waals surface area contributed by atoms with E-state index in [9.17, 15) is 5.11 Å². The van der Waals surface area contributed by atoms with Crippen LogP contribution in [0.3, 0.4) is 0 Å². The van der Waals surface area contributed by atoms with Gasteiger partial charge in [0.05, 0.1) is 12.7 Å². The van der Waals surface area contributed by atoms with Gasteiger partial charge in [0.15, 0.2) is 6.29 Å². The quantitative estimate of drug-likeness (QED) is 0.582. The number of rotatable bonds is 6. The summed E-state index contributed by atoms with van der Waals surface area (Å²) in [6, 6.07) is 0. The highest BCUT2D eigenvalue weighted by molar-refractivity contribution is 5.03. The molecule has 3 heteroatoms. The number of aliphatic hydroxyl groups excluding tert-OH is 1. The van der Waals surface area contributed by atoms with Crippen molar-refractivity contribution in [2.24, 2.45) is 11.8 Å². The van der Waals surface area contributed by atoms with E-state index in [2.05, 4.69) is 5.92 Å². The van der Waals surface area contributed by atoms with Gasteiger partial charge in [0, 0.05) is 12.5 Å². The fourth-order valence-corrected chi connectivity index (χ4v) is 1.73. The van der Waals surface area contributed by atoms with Gasteiger partial charge in [-0.15, -0.1) is 12.3 Å². The number of hydrogen-bond donors (Lipinski definition) is 1. The molecular formula is C15H24O3. The van der Waals surface area contributed by atoms with Crippen LogP contribution < -0.4 is 0 Å². The lowest BCUT2D eigenvalue weighted by Crippen LogP contribution is -2.24. The number of hydrogen-bond acceptors (Lipinski definition) is 3. The molecule has 1 aliphatic heterocycles. The van der Waals surface area contributed by atoms with Gasteiger partial charge in [-0.2, -0.15) is 0 Å². The Morgan fingerprint density at radius 1 is 1.44 bits per heavy atom. The summed E-state index contributed by atoms with van der Waals surface area (Å²) in [5, 5.41) is 9.69. The van der Waals surface area contributed by atoms with Crippen molar-refractivity contribution in [2.45, 2.75) is 45.5 Å². The monoisotopic (exact) mass is 252 g/mol. The third-order valence-electron chi connectivity index (χ3n) is 3.09. The Kier molecular flexibility index (Phi) is 7.04. The summed E-state index contributed by atoms with van der Waals surface area (Å²) >= 11 is 0. The van der Waals surface area contributed by atoms with Gasteiger partial charge in [-0.25, -0.2) is 0 Å². The van der Waals surface area contributed by atoms with Crippen LogP contribution in [0.15, 0.2) is 12.2 Å². The molecule has 1 N–H and O–H groups in total. The van der Waals surface area contributed by atoms with Crippen LogP contribution in [0.2, 0.25) is 0 Å². The zero-order chi connectivity index (χ0) is 13.4. The summed E-state index contributed by atoms with van der Waals surface area (Å²) in [5.74, 6) is 2.61. The Morgan fingerprint density at radius 3 is 2.83 bits per heavy atom. The van der Waals surface area contributed by atoms with E-state index >= 15 is 0 Å². The first-order chi connectivity index (χ1) is 8.63. The van der Waals surface area contributed by atoms with E-state index in [4.69, 9.17) is 15.9 Å². The summed E-state index contributed by atoms with van der Waals surface area (Å²) in [6.07, 6.45) is 11.6. The molecule has 4 atom stereocenters. The van der Waals surface area contributed by atoms with Crippen molar-refractivity contribution in [3.63, 3.8) is 0 Å².